The van der Waals surface area contributed by atoms with Gasteiger partial charge in [-0.05, 0) is 113 Å². The Kier molecular flexibility index (Phi) is 10.8. The number of hydrogen-bond donors (Lipinski definition) is 2. The van der Waals surface area contributed by atoms with E-state index in [-0.39, 0.29) is 9.79 Å². The van der Waals surface area contributed by atoms with Crippen LogP contribution in [0.4, 0.5) is 0 Å². The van der Waals surface area contributed by atoms with Crippen LogP contribution in [-0.4, -0.2) is 25.9 Å². The van der Waals surface area contributed by atoms with E-state index in [1.807, 2.05) is 72.8 Å². The molecule has 0 aromatic heterocycles. The number of hydrogen-bond acceptors (Lipinski definition) is 4. The first-order valence-electron chi connectivity index (χ1n) is 19.9. The zero-order valence-corrected chi connectivity index (χ0v) is 34.8. The molecule has 0 bridgehead atoms. The van der Waals surface area contributed by atoms with Crippen molar-refractivity contribution in [3.05, 3.63) is 218 Å². The zero-order chi connectivity index (χ0) is 42.8. The summed E-state index contributed by atoms with van der Waals surface area (Å²) in [5, 5.41) is 0. The van der Waals surface area contributed by atoms with Gasteiger partial charge in [-0.2, -0.15) is 16.8 Å². The lowest BCUT2D eigenvalue weighted by atomic mass is 9.81. The maximum atomic E-state index is 12.1. The second kappa shape index (κ2) is 16.7. The van der Waals surface area contributed by atoms with Gasteiger partial charge in [0.05, 0.1) is 9.79 Å². The van der Waals surface area contributed by atoms with E-state index in [4.69, 9.17) is 0 Å². The van der Waals surface area contributed by atoms with Crippen LogP contribution in [0.3, 0.4) is 0 Å². The van der Waals surface area contributed by atoms with Crippen LogP contribution >= 0.6 is 0 Å². The molecule has 0 aliphatic carbocycles. The van der Waals surface area contributed by atoms with E-state index >= 15 is 0 Å². The molecular formula is C54H38O6S2. The van der Waals surface area contributed by atoms with E-state index in [9.17, 15) is 25.9 Å². The Morgan fingerprint density at radius 2 is 0.419 bits per heavy atom. The maximum absolute atomic E-state index is 12.1. The molecule has 8 heteroatoms. The average Bonchev–Trinajstić information content (AvgIpc) is 3.31. The first kappa shape index (κ1) is 40.2. The van der Waals surface area contributed by atoms with Gasteiger partial charge in [-0.3, -0.25) is 9.11 Å². The molecule has 6 nitrogen and oxygen atoms in total. The highest BCUT2D eigenvalue weighted by Crippen LogP contribution is 2.49. The molecule has 0 heterocycles. The highest BCUT2D eigenvalue weighted by atomic mass is 32.2. The van der Waals surface area contributed by atoms with Gasteiger partial charge >= 0.3 is 0 Å². The fourth-order valence-electron chi connectivity index (χ4n) is 8.23. The molecule has 0 saturated carbocycles. The van der Waals surface area contributed by atoms with Crippen LogP contribution in [0.15, 0.2) is 228 Å². The van der Waals surface area contributed by atoms with Gasteiger partial charge in [-0.1, -0.05) is 194 Å². The molecule has 0 unspecified atom stereocenters. The summed E-state index contributed by atoms with van der Waals surface area (Å²) in [5.74, 6) is 0. The molecule has 0 fully saturated rings. The average molecular weight is 847 g/mol. The van der Waals surface area contributed by atoms with Gasteiger partial charge in [0.1, 0.15) is 0 Å². The second-order valence-corrected chi connectivity index (χ2v) is 17.7. The zero-order valence-electron chi connectivity index (χ0n) is 33.1. The van der Waals surface area contributed by atoms with Gasteiger partial charge in [-0.15, -0.1) is 0 Å². The summed E-state index contributed by atoms with van der Waals surface area (Å²) in [7, 11) is -8.79. The third kappa shape index (κ3) is 8.03. The monoisotopic (exact) mass is 846 g/mol. The summed E-state index contributed by atoms with van der Waals surface area (Å²) in [6, 6.07) is 70.1. The largest absolute Gasteiger partial charge is 0.294 e. The molecule has 302 valence electrons. The molecule has 0 radical (unpaired) electrons. The van der Waals surface area contributed by atoms with Crippen molar-refractivity contribution >= 4 is 20.2 Å². The molecule has 0 amide bonds. The molecule has 9 aromatic carbocycles. The molecule has 0 aliphatic rings. The van der Waals surface area contributed by atoms with Crippen molar-refractivity contribution < 1.29 is 25.9 Å². The molecule has 2 N–H and O–H groups in total. The topological polar surface area (TPSA) is 109 Å². The van der Waals surface area contributed by atoms with Gasteiger partial charge < -0.3 is 0 Å². The SMILES string of the molecule is O=S(=O)(O)c1ccc(-c2ccc(-c3ccccc3)c(-c3ccc(-c4c(-c5ccc(S(=O)(=O)O)cc5)ccc(-c5ccccc5)c4-c4ccccc4)cc3)c2-c2ccccc2)cc1. The minimum absolute atomic E-state index is 0.181. The molecule has 0 aliphatic heterocycles. The second-order valence-electron chi connectivity index (χ2n) is 14.9. The van der Waals surface area contributed by atoms with Crippen molar-refractivity contribution in [2.45, 2.75) is 9.79 Å². The van der Waals surface area contributed by atoms with Gasteiger partial charge in [-0.25, -0.2) is 0 Å². The summed E-state index contributed by atoms with van der Waals surface area (Å²) in [5.41, 5.74) is 15.2. The van der Waals surface area contributed by atoms with E-state index in [1.54, 1.807) is 24.3 Å². The summed E-state index contributed by atoms with van der Waals surface area (Å²) in [4.78, 5) is -0.365. The van der Waals surface area contributed by atoms with Crippen molar-refractivity contribution in [2.75, 3.05) is 0 Å². The highest BCUT2D eigenvalue weighted by Gasteiger charge is 2.23. The Hall–Kier alpha value is -7.20. The molecule has 9 aromatic rings. The molecule has 62 heavy (non-hydrogen) atoms. The van der Waals surface area contributed by atoms with E-state index in [0.29, 0.717) is 0 Å². The standard InChI is InChI=1S/C54H38O6S2/c55-61(56,57)45-29-25-39(26-30-45)49-35-34-48(38-15-7-2-8-16-38)53(52(49)42-19-11-4-12-20-42)43-21-23-44(24-22-43)54-50(40-27-31-46(32-28-40)62(58,59)60)36-33-47(37-13-5-1-6-14-37)51(54)41-17-9-3-10-18-41/h1-36H,(H,55,56,57)(H,58,59,60). The van der Waals surface area contributed by atoms with Crippen molar-refractivity contribution in [1.82, 2.24) is 0 Å². The minimum Gasteiger partial charge on any atom is -0.282 e. The predicted octanol–water partition coefficient (Wildman–Crippen LogP) is 13.5. The molecular weight excluding hydrogens is 809 g/mol. The fourth-order valence-corrected chi connectivity index (χ4v) is 9.19. The summed E-state index contributed by atoms with van der Waals surface area (Å²) < 4.78 is 67.7. The van der Waals surface area contributed by atoms with Crippen LogP contribution in [0.1, 0.15) is 0 Å². The van der Waals surface area contributed by atoms with Crippen LogP contribution < -0.4 is 0 Å². The highest BCUT2D eigenvalue weighted by molar-refractivity contribution is 7.86. The van der Waals surface area contributed by atoms with Crippen molar-refractivity contribution in [3.8, 4) is 89.0 Å². The predicted molar refractivity (Wildman–Crippen MR) is 250 cm³/mol. The van der Waals surface area contributed by atoms with E-state index < -0.39 is 20.2 Å². The molecule has 0 atom stereocenters. The van der Waals surface area contributed by atoms with Crippen LogP contribution in [0, 0.1) is 0 Å². The minimum atomic E-state index is -4.40. The fraction of sp³-hybridized carbons (Fsp3) is 0. The van der Waals surface area contributed by atoms with Gasteiger partial charge in [0.15, 0.2) is 0 Å². The Labute approximate surface area is 361 Å². The quantitative estimate of drug-likeness (QED) is 0.133. The van der Waals surface area contributed by atoms with Crippen LogP contribution in [0.5, 0.6) is 0 Å². The van der Waals surface area contributed by atoms with Crippen molar-refractivity contribution in [2.24, 2.45) is 0 Å². The smallest absolute Gasteiger partial charge is 0.282 e. The van der Waals surface area contributed by atoms with Gasteiger partial charge in [0, 0.05) is 0 Å². The number of benzene rings is 9. The molecule has 0 saturated heterocycles. The van der Waals surface area contributed by atoms with E-state index in [2.05, 4.69) is 97.1 Å². The van der Waals surface area contributed by atoms with Crippen molar-refractivity contribution in [1.29, 1.82) is 0 Å². The van der Waals surface area contributed by atoms with E-state index in [0.717, 1.165) is 89.0 Å². The van der Waals surface area contributed by atoms with Gasteiger partial charge in [0.25, 0.3) is 20.2 Å². The summed E-state index contributed by atoms with van der Waals surface area (Å²) in [6.45, 7) is 0. The Morgan fingerprint density at radius 1 is 0.226 bits per heavy atom. The van der Waals surface area contributed by atoms with Gasteiger partial charge in [0.2, 0.25) is 0 Å². The lowest BCUT2D eigenvalue weighted by molar-refractivity contribution is 0.481. The lowest BCUT2D eigenvalue weighted by Crippen LogP contribution is -1.98. The maximum Gasteiger partial charge on any atom is 0.294 e. The van der Waals surface area contributed by atoms with Crippen molar-refractivity contribution in [3.63, 3.8) is 0 Å². The number of rotatable bonds is 10. The Morgan fingerprint density at radius 3 is 0.661 bits per heavy atom. The van der Waals surface area contributed by atoms with Crippen LogP contribution in [0.2, 0.25) is 0 Å². The third-order valence-electron chi connectivity index (χ3n) is 11.1. The van der Waals surface area contributed by atoms with E-state index in [1.165, 1.54) is 24.3 Å². The Balaban J connectivity index is 1.31. The molecule has 0 spiro atoms. The van der Waals surface area contributed by atoms with Crippen LogP contribution in [-0.2, 0) is 20.2 Å². The first-order valence-corrected chi connectivity index (χ1v) is 22.7. The Bertz CT molecular complexity index is 3270. The van der Waals surface area contributed by atoms with Crippen LogP contribution in [0.25, 0.3) is 89.0 Å². The summed E-state index contributed by atoms with van der Waals surface area (Å²) >= 11 is 0. The molecule has 9 rings (SSSR count). The normalized spacial score (nSPS) is 11.6. The summed E-state index contributed by atoms with van der Waals surface area (Å²) in [6.07, 6.45) is 0. The lowest BCUT2D eigenvalue weighted by Gasteiger charge is -2.22. The third-order valence-corrected chi connectivity index (χ3v) is 12.8. The first-order chi connectivity index (χ1) is 30.0.